The van der Waals surface area contributed by atoms with Crippen molar-refractivity contribution >= 4 is 33.6 Å². The number of nitrogens with two attached hydrogens (primary N) is 1. The number of halogens is 1. The number of carbonyl (C=O) groups is 3. The Labute approximate surface area is 243 Å². The van der Waals surface area contributed by atoms with Gasteiger partial charge in [0.2, 0.25) is 15.8 Å². The Bertz CT molecular complexity index is 1770. The topological polar surface area (TPSA) is 197 Å². The minimum atomic E-state index is -4.38. The zero-order chi connectivity index (χ0) is 31.5. The lowest BCUT2D eigenvalue weighted by Crippen LogP contribution is -2.46. The van der Waals surface area contributed by atoms with E-state index in [0.29, 0.717) is 14.4 Å². The minimum absolute atomic E-state index is 0.177. The smallest absolute Gasteiger partial charge is 0.333 e. The van der Waals surface area contributed by atoms with Crippen LogP contribution >= 0.6 is 0 Å². The third-order valence-electron chi connectivity index (χ3n) is 6.72. The molecule has 3 aromatic rings. The number of aliphatic hydroxyl groups excluding tert-OH is 1. The summed E-state index contributed by atoms with van der Waals surface area (Å²) >= 11 is 0. The molecule has 0 spiro atoms. The van der Waals surface area contributed by atoms with Gasteiger partial charge in [-0.05, 0) is 29.8 Å². The summed E-state index contributed by atoms with van der Waals surface area (Å²) in [6.07, 6.45) is -1.60. The summed E-state index contributed by atoms with van der Waals surface area (Å²) in [6, 6.07) is 10.7. The van der Waals surface area contributed by atoms with Crippen LogP contribution in [0.25, 0.3) is 0 Å². The molecule has 0 saturated carbocycles. The molecule has 0 radical (unpaired) electrons. The van der Waals surface area contributed by atoms with Crippen LogP contribution in [0.1, 0.15) is 22.3 Å². The van der Waals surface area contributed by atoms with Crippen molar-refractivity contribution in [2.75, 3.05) is 26.0 Å². The Balaban J connectivity index is 1.62. The van der Waals surface area contributed by atoms with Gasteiger partial charge in [0, 0.05) is 13.0 Å². The third kappa shape index (κ3) is 6.55. The molecule has 2 aromatic carbocycles. The summed E-state index contributed by atoms with van der Waals surface area (Å²) in [7, 11) is -3.34. The average Bonchev–Trinajstić information content (AvgIpc) is 3.39. The van der Waals surface area contributed by atoms with Crippen LogP contribution in [0.3, 0.4) is 0 Å². The van der Waals surface area contributed by atoms with Gasteiger partial charge in [-0.3, -0.25) is 23.7 Å². The van der Waals surface area contributed by atoms with E-state index in [2.05, 4.69) is 4.74 Å². The van der Waals surface area contributed by atoms with Gasteiger partial charge in [0.1, 0.15) is 29.8 Å². The zero-order valence-electron chi connectivity index (χ0n) is 22.7. The number of ether oxygens (including phenoxy) is 2. The molecule has 0 unspecified atom stereocenters. The summed E-state index contributed by atoms with van der Waals surface area (Å²) in [5, 5.41) is 10.1. The number of nitrogen functional groups attached to an aromatic ring is 1. The van der Waals surface area contributed by atoms with Gasteiger partial charge >= 0.3 is 17.6 Å². The fourth-order valence-electron chi connectivity index (χ4n) is 4.54. The van der Waals surface area contributed by atoms with E-state index >= 15 is 0 Å². The summed E-state index contributed by atoms with van der Waals surface area (Å²) < 4.78 is 51.2. The number of hydrogen-bond acceptors (Lipinski definition) is 11. The molecule has 1 aliphatic heterocycles. The second-order valence-corrected chi connectivity index (χ2v) is 11.4. The first-order valence-corrected chi connectivity index (χ1v) is 14.2. The fourth-order valence-corrected chi connectivity index (χ4v) is 6.17. The monoisotopic (exact) mass is 618 g/mol. The van der Waals surface area contributed by atoms with Crippen molar-refractivity contribution < 1.29 is 41.8 Å². The van der Waals surface area contributed by atoms with Crippen LogP contribution in [0.5, 0.6) is 0 Å². The maximum absolute atomic E-state index is 13.3. The van der Waals surface area contributed by atoms with Crippen LogP contribution in [0.4, 0.5) is 10.2 Å². The molecule has 3 N–H and O–H groups in total. The number of anilines is 1. The molecule has 14 nitrogen and oxygen atoms in total. The highest BCUT2D eigenvalue weighted by Gasteiger charge is 2.44. The van der Waals surface area contributed by atoms with Gasteiger partial charge < -0.3 is 20.3 Å². The maximum Gasteiger partial charge on any atom is 0.333 e. The number of aromatic nitrogens is 2. The third-order valence-corrected chi connectivity index (χ3v) is 8.61. The van der Waals surface area contributed by atoms with E-state index in [4.69, 9.17) is 10.5 Å². The number of hydrogen-bond donors (Lipinski definition) is 2. The molecular weight excluding hydrogens is 591 g/mol. The average molecular weight is 619 g/mol. The number of methoxy groups -OCH3 is 1. The zero-order valence-corrected chi connectivity index (χ0v) is 23.5. The van der Waals surface area contributed by atoms with Gasteiger partial charge in [-0.15, -0.1) is 0 Å². The summed E-state index contributed by atoms with van der Waals surface area (Å²) in [5.41, 5.74) is 3.71. The lowest BCUT2D eigenvalue weighted by molar-refractivity contribution is -0.146. The summed E-state index contributed by atoms with van der Waals surface area (Å²) in [6.45, 7) is -2.57. The van der Waals surface area contributed by atoms with Gasteiger partial charge in [0.05, 0.1) is 24.7 Å². The van der Waals surface area contributed by atoms with Crippen molar-refractivity contribution in [3.63, 3.8) is 0 Å². The predicted octanol–water partition coefficient (Wildman–Crippen LogP) is -0.497. The first-order valence-electron chi connectivity index (χ1n) is 12.7. The second-order valence-electron chi connectivity index (χ2n) is 9.55. The molecule has 16 heteroatoms. The number of Topliss-reactive ketones (excluding diaryl/α,β-unsaturated/α-hetero) is 1. The van der Waals surface area contributed by atoms with E-state index in [-0.39, 0.29) is 17.9 Å². The molecule has 1 aromatic heterocycles. The molecule has 2 atom stereocenters. The second kappa shape index (κ2) is 12.7. The standard InChI is InChI=1S/C27H27FN4O10S/c1-41-22(35)14-31-25(36)23(24(29)30(27(31)38)12-16-5-3-2-4-6-16)21(34)15-42-26(37)20-11-18(33)13-32(20)43(39,40)19-9-7-17(28)8-10-19/h2-10,18,20,33H,11-15,29H2,1H3/t18-,20+/m0/s1. The van der Waals surface area contributed by atoms with Gasteiger partial charge in [-0.1, -0.05) is 30.3 Å². The Kier molecular flexibility index (Phi) is 9.22. The number of β-amino-alcohol motifs (C(OH)–C–C–N with tert-alkyl or cyclic N) is 1. The molecule has 2 heterocycles. The normalized spacial score (nSPS) is 17.0. The first-order chi connectivity index (χ1) is 20.3. The van der Waals surface area contributed by atoms with E-state index in [9.17, 15) is 41.9 Å². The molecule has 1 aliphatic rings. The van der Waals surface area contributed by atoms with Gasteiger partial charge in [-0.2, -0.15) is 4.31 Å². The van der Waals surface area contributed by atoms with Crippen LogP contribution in [0.15, 0.2) is 69.1 Å². The van der Waals surface area contributed by atoms with Gasteiger partial charge in [0.15, 0.2) is 6.61 Å². The molecule has 0 amide bonds. The predicted molar refractivity (Wildman–Crippen MR) is 147 cm³/mol. The lowest BCUT2D eigenvalue weighted by Gasteiger charge is -2.22. The SMILES string of the molecule is COC(=O)Cn1c(=O)c(C(=O)COC(=O)[C@H]2C[C@H](O)CN2S(=O)(=O)c2ccc(F)cc2)c(N)n(Cc2ccccc2)c1=O. The van der Waals surface area contributed by atoms with Crippen molar-refractivity contribution in [1.82, 2.24) is 13.4 Å². The van der Waals surface area contributed by atoms with Gasteiger partial charge in [0.25, 0.3) is 5.56 Å². The van der Waals surface area contributed by atoms with Crippen molar-refractivity contribution in [2.24, 2.45) is 0 Å². The van der Waals surface area contributed by atoms with E-state index in [1.165, 1.54) is 0 Å². The maximum atomic E-state index is 13.3. The van der Waals surface area contributed by atoms with Crippen molar-refractivity contribution in [2.45, 2.75) is 36.6 Å². The van der Waals surface area contributed by atoms with Gasteiger partial charge in [-0.25, -0.2) is 22.2 Å². The highest BCUT2D eigenvalue weighted by molar-refractivity contribution is 7.89. The Morgan fingerprint density at radius 2 is 1.70 bits per heavy atom. The largest absolute Gasteiger partial charge is 0.468 e. The number of nitrogens with zero attached hydrogens (tertiary/aromatic N) is 3. The Morgan fingerprint density at radius 3 is 2.33 bits per heavy atom. The van der Waals surface area contributed by atoms with Crippen LogP contribution in [0.2, 0.25) is 0 Å². The Hall–Kier alpha value is -4.67. The molecule has 0 aliphatic carbocycles. The Morgan fingerprint density at radius 1 is 1.05 bits per heavy atom. The molecule has 4 rings (SSSR count). The number of benzene rings is 2. The quantitative estimate of drug-likeness (QED) is 0.220. The number of carbonyl (C=O) groups excluding carboxylic acids is 3. The van der Waals surface area contributed by atoms with Crippen molar-refractivity contribution in [3.8, 4) is 0 Å². The van der Waals surface area contributed by atoms with Crippen molar-refractivity contribution in [3.05, 3.63) is 92.4 Å². The highest BCUT2D eigenvalue weighted by atomic mass is 32.2. The number of esters is 2. The number of aliphatic hydroxyl groups is 1. The van der Waals surface area contributed by atoms with E-state index < -0.39 is 88.0 Å². The molecule has 1 saturated heterocycles. The van der Waals surface area contributed by atoms with Crippen LogP contribution < -0.4 is 17.0 Å². The molecule has 43 heavy (non-hydrogen) atoms. The van der Waals surface area contributed by atoms with Crippen molar-refractivity contribution in [1.29, 1.82) is 0 Å². The molecule has 0 bridgehead atoms. The number of sulfonamides is 1. The van der Waals surface area contributed by atoms with Crippen LogP contribution in [0, 0.1) is 5.82 Å². The number of rotatable bonds is 10. The minimum Gasteiger partial charge on any atom is -0.468 e. The first kappa shape index (κ1) is 31.3. The highest BCUT2D eigenvalue weighted by Crippen LogP contribution is 2.27. The molecule has 228 valence electrons. The van der Waals surface area contributed by atoms with E-state index in [0.717, 1.165) is 35.9 Å². The number of ketones is 1. The van der Waals surface area contributed by atoms with Crippen LogP contribution in [-0.4, -0.2) is 77.1 Å². The molecular formula is C27H27FN4O10S. The molecule has 1 fully saturated rings. The summed E-state index contributed by atoms with van der Waals surface area (Å²) in [5.74, 6) is -4.53. The fraction of sp³-hybridized carbons (Fsp3) is 0.296. The summed E-state index contributed by atoms with van der Waals surface area (Å²) in [4.78, 5) is 64.1. The van der Waals surface area contributed by atoms with Crippen LogP contribution in [-0.2, 0) is 42.2 Å². The van der Waals surface area contributed by atoms with E-state index in [1.807, 2.05) is 0 Å². The lowest BCUT2D eigenvalue weighted by atomic mass is 10.1. The van der Waals surface area contributed by atoms with E-state index in [1.54, 1.807) is 30.3 Å².